The van der Waals surface area contributed by atoms with Crippen LogP contribution in [0, 0.1) is 36.3 Å². The zero-order valence-corrected chi connectivity index (χ0v) is 17.8. The molecule has 0 N–H and O–H groups in total. The van der Waals surface area contributed by atoms with Gasteiger partial charge in [0.2, 0.25) is 0 Å². The summed E-state index contributed by atoms with van der Waals surface area (Å²) >= 11 is 0. The smallest absolute Gasteiger partial charge is 0.400 e. The van der Waals surface area contributed by atoms with Crippen molar-refractivity contribution in [2.45, 2.75) is 77.6 Å². The van der Waals surface area contributed by atoms with E-state index in [-0.39, 0.29) is 30.6 Å². The second kappa shape index (κ2) is 10.3. The van der Waals surface area contributed by atoms with Crippen LogP contribution < -0.4 is 4.74 Å². The normalized spacial score (nSPS) is 27.8. The predicted octanol–water partition coefficient (Wildman–Crippen LogP) is 6.62. The summed E-state index contributed by atoms with van der Waals surface area (Å²) in [6.07, 6.45) is 2.43. The summed E-state index contributed by atoms with van der Waals surface area (Å²) in [5, 5.41) is 0. The molecule has 1 heterocycles. The Bertz CT molecular complexity index is 658. The molecule has 170 valence electrons. The van der Waals surface area contributed by atoms with Crippen molar-refractivity contribution in [1.29, 1.82) is 0 Å². The van der Waals surface area contributed by atoms with E-state index in [1.54, 1.807) is 0 Å². The molecule has 1 aromatic carbocycles. The van der Waals surface area contributed by atoms with Gasteiger partial charge in [0.15, 0.2) is 6.29 Å². The van der Waals surface area contributed by atoms with Gasteiger partial charge < -0.3 is 14.2 Å². The van der Waals surface area contributed by atoms with Crippen LogP contribution in [0.5, 0.6) is 5.75 Å². The molecule has 0 amide bonds. The van der Waals surface area contributed by atoms with E-state index >= 15 is 0 Å². The fraction of sp³-hybridized carbons (Fsp3) is 0.739. The highest BCUT2D eigenvalue weighted by molar-refractivity contribution is 5.30. The molecular formula is C23H32F4O3. The Kier molecular flexibility index (Phi) is 8.02. The lowest BCUT2D eigenvalue weighted by molar-refractivity contribution is -0.248. The molecule has 0 radical (unpaired) electrons. The summed E-state index contributed by atoms with van der Waals surface area (Å²) < 4.78 is 73.0. The standard InChI is InChI=1S/C23H32F4O3/c1-3-4-5-6-16-13-28-22(29-14-16)17-7-9-18(10-8-17)23(26,27)30-19-11-20(24)15(2)21(25)12-19/h11-12,16-18,22H,3-10,13-14H2,1-2H3. The van der Waals surface area contributed by atoms with Crippen molar-refractivity contribution >= 4 is 0 Å². The van der Waals surface area contributed by atoms with E-state index in [1.165, 1.54) is 26.2 Å². The Labute approximate surface area is 176 Å². The number of hydrogen-bond acceptors (Lipinski definition) is 3. The Morgan fingerprint density at radius 1 is 1.00 bits per heavy atom. The lowest BCUT2D eigenvalue weighted by atomic mass is 9.80. The van der Waals surface area contributed by atoms with Crippen LogP contribution in [0.1, 0.15) is 63.9 Å². The molecule has 0 aromatic heterocycles. The molecule has 1 aliphatic heterocycles. The zero-order chi connectivity index (χ0) is 21.7. The van der Waals surface area contributed by atoms with Crippen LogP contribution in [0.2, 0.25) is 0 Å². The van der Waals surface area contributed by atoms with Gasteiger partial charge in [-0.2, -0.15) is 8.78 Å². The first kappa shape index (κ1) is 23.3. The molecule has 2 fully saturated rings. The number of unbranched alkanes of at least 4 members (excludes halogenated alkanes) is 2. The molecule has 1 saturated heterocycles. The van der Waals surface area contributed by atoms with Gasteiger partial charge in [-0.1, -0.05) is 26.2 Å². The van der Waals surface area contributed by atoms with Crippen LogP contribution in [0.4, 0.5) is 17.6 Å². The van der Waals surface area contributed by atoms with Gasteiger partial charge >= 0.3 is 6.11 Å². The van der Waals surface area contributed by atoms with Gasteiger partial charge in [0.1, 0.15) is 17.4 Å². The van der Waals surface area contributed by atoms with Gasteiger partial charge in [0, 0.05) is 29.5 Å². The van der Waals surface area contributed by atoms with Gasteiger partial charge in [-0.05, 0) is 39.0 Å². The average Bonchev–Trinajstić information content (AvgIpc) is 2.72. The van der Waals surface area contributed by atoms with Crippen LogP contribution in [-0.4, -0.2) is 25.6 Å². The highest BCUT2D eigenvalue weighted by atomic mass is 19.3. The molecule has 0 unspecified atom stereocenters. The molecule has 1 aromatic rings. The van der Waals surface area contributed by atoms with E-state index in [4.69, 9.17) is 14.2 Å². The molecule has 1 saturated carbocycles. The van der Waals surface area contributed by atoms with Gasteiger partial charge in [-0.25, -0.2) is 8.78 Å². The lowest BCUT2D eigenvalue weighted by Gasteiger charge is -2.39. The monoisotopic (exact) mass is 432 g/mol. The zero-order valence-electron chi connectivity index (χ0n) is 17.8. The van der Waals surface area contributed by atoms with Crippen LogP contribution in [-0.2, 0) is 9.47 Å². The van der Waals surface area contributed by atoms with Crippen molar-refractivity contribution in [3.63, 3.8) is 0 Å². The van der Waals surface area contributed by atoms with Gasteiger partial charge in [0.25, 0.3) is 0 Å². The first-order valence-electron chi connectivity index (χ1n) is 11.1. The van der Waals surface area contributed by atoms with Crippen LogP contribution in [0.3, 0.4) is 0 Å². The summed E-state index contributed by atoms with van der Waals surface area (Å²) in [7, 11) is 0. The fourth-order valence-corrected chi connectivity index (χ4v) is 4.33. The van der Waals surface area contributed by atoms with Gasteiger partial charge in [-0.15, -0.1) is 0 Å². The third kappa shape index (κ3) is 5.88. The predicted molar refractivity (Wildman–Crippen MR) is 105 cm³/mol. The topological polar surface area (TPSA) is 27.7 Å². The van der Waals surface area contributed by atoms with Crippen LogP contribution >= 0.6 is 0 Å². The maximum Gasteiger partial charge on any atom is 0.400 e. The Morgan fingerprint density at radius 2 is 1.60 bits per heavy atom. The Morgan fingerprint density at radius 3 is 2.17 bits per heavy atom. The van der Waals surface area contributed by atoms with Crippen molar-refractivity contribution in [3.05, 3.63) is 29.3 Å². The number of rotatable bonds is 8. The van der Waals surface area contributed by atoms with Crippen molar-refractivity contribution in [2.75, 3.05) is 13.2 Å². The van der Waals surface area contributed by atoms with Crippen molar-refractivity contribution < 1.29 is 31.8 Å². The number of halogens is 4. The molecule has 30 heavy (non-hydrogen) atoms. The molecule has 0 atom stereocenters. The number of alkyl halides is 2. The van der Waals surface area contributed by atoms with Crippen molar-refractivity contribution in [3.8, 4) is 5.75 Å². The third-order valence-electron chi connectivity index (χ3n) is 6.35. The maximum atomic E-state index is 14.6. The molecule has 7 heteroatoms. The Balaban J connectivity index is 1.47. The third-order valence-corrected chi connectivity index (χ3v) is 6.35. The minimum absolute atomic E-state index is 0.0860. The molecule has 1 aliphatic carbocycles. The van der Waals surface area contributed by atoms with E-state index < -0.39 is 29.4 Å². The summed E-state index contributed by atoms with van der Waals surface area (Å²) in [4.78, 5) is 0. The van der Waals surface area contributed by atoms with E-state index in [2.05, 4.69) is 6.92 Å². The SMILES string of the molecule is CCCCCC1COC(C2CCC(C(F)(F)Oc3cc(F)c(C)c(F)c3)CC2)OC1. The molecule has 3 rings (SSSR count). The number of hydrogen-bond donors (Lipinski definition) is 0. The molecule has 0 spiro atoms. The van der Waals surface area contributed by atoms with E-state index in [0.717, 1.165) is 18.6 Å². The van der Waals surface area contributed by atoms with Gasteiger partial charge in [0.05, 0.1) is 19.1 Å². The van der Waals surface area contributed by atoms with E-state index in [1.807, 2.05) is 0 Å². The minimum Gasteiger partial charge on any atom is -0.432 e. The summed E-state index contributed by atoms with van der Waals surface area (Å²) in [5.41, 5.74) is -0.216. The van der Waals surface area contributed by atoms with Gasteiger partial charge in [-0.3, -0.25) is 0 Å². The molecule has 0 bridgehead atoms. The number of benzene rings is 1. The van der Waals surface area contributed by atoms with Crippen molar-refractivity contribution in [1.82, 2.24) is 0 Å². The molecule has 3 nitrogen and oxygen atoms in total. The molecular weight excluding hydrogens is 400 g/mol. The minimum atomic E-state index is -3.49. The van der Waals surface area contributed by atoms with Crippen LogP contribution in [0.15, 0.2) is 12.1 Å². The quantitative estimate of drug-likeness (QED) is 0.341. The highest BCUT2D eigenvalue weighted by Crippen LogP contribution is 2.42. The fourth-order valence-electron chi connectivity index (χ4n) is 4.33. The summed E-state index contributed by atoms with van der Waals surface area (Å²) in [6.45, 7) is 4.75. The lowest BCUT2D eigenvalue weighted by Crippen LogP contribution is -2.42. The maximum absolute atomic E-state index is 14.6. The number of ether oxygens (including phenoxy) is 3. The second-order valence-electron chi connectivity index (χ2n) is 8.68. The second-order valence-corrected chi connectivity index (χ2v) is 8.68. The first-order valence-corrected chi connectivity index (χ1v) is 11.1. The average molecular weight is 432 g/mol. The largest absolute Gasteiger partial charge is 0.432 e. The first-order chi connectivity index (χ1) is 14.3. The summed E-state index contributed by atoms with van der Waals surface area (Å²) in [5.74, 6) is -2.80. The van der Waals surface area contributed by atoms with Crippen molar-refractivity contribution in [2.24, 2.45) is 17.8 Å². The summed E-state index contributed by atoms with van der Waals surface area (Å²) in [6, 6.07) is 1.61. The van der Waals surface area contributed by atoms with E-state index in [9.17, 15) is 17.6 Å². The Hall–Kier alpha value is -1.34. The van der Waals surface area contributed by atoms with Crippen LogP contribution in [0.25, 0.3) is 0 Å². The van der Waals surface area contributed by atoms with E-state index in [0.29, 0.717) is 32.0 Å². The highest BCUT2D eigenvalue weighted by Gasteiger charge is 2.45. The molecule has 2 aliphatic rings.